The largest absolute Gasteiger partial charge is 0.497 e. The molecule has 0 spiro atoms. The number of hydrogen-bond donors (Lipinski definition) is 1. The minimum Gasteiger partial charge on any atom is -0.497 e. The second-order valence-electron chi connectivity index (χ2n) is 7.19. The molecule has 0 aliphatic heterocycles. The van der Waals surface area contributed by atoms with Crippen LogP contribution >= 0.6 is 11.8 Å². The number of rotatable bonds is 8. The number of hydrogen-bond acceptors (Lipinski definition) is 6. The molecule has 1 aromatic heterocycles. The molecule has 1 heterocycles. The molecule has 1 N–H and O–H groups in total. The summed E-state index contributed by atoms with van der Waals surface area (Å²) in [4.78, 5) is 12.8. The first kappa shape index (κ1) is 22.4. The van der Waals surface area contributed by atoms with Gasteiger partial charge in [-0.15, -0.1) is 10.2 Å². The molecule has 33 heavy (non-hydrogen) atoms. The van der Waals surface area contributed by atoms with Gasteiger partial charge in [-0.3, -0.25) is 9.36 Å². The van der Waals surface area contributed by atoms with Crippen molar-refractivity contribution in [1.29, 1.82) is 0 Å². The molecule has 0 aliphatic rings. The lowest BCUT2D eigenvalue weighted by Crippen LogP contribution is -2.22. The van der Waals surface area contributed by atoms with Crippen LogP contribution in [-0.4, -0.2) is 40.1 Å². The number of ether oxygens (including phenoxy) is 2. The molecule has 1 amide bonds. The predicted molar refractivity (Wildman–Crippen MR) is 130 cm³/mol. The average molecular weight is 461 g/mol. The number of amides is 1. The zero-order valence-electron chi connectivity index (χ0n) is 18.6. The van der Waals surface area contributed by atoms with E-state index in [0.717, 1.165) is 22.7 Å². The molecule has 4 rings (SSSR count). The Kier molecular flexibility index (Phi) is 6.95. The van der Waals surface area contributed by atoms with Crippen LogP contribution in [0.1, 0.15) is 6.92 Å². The predicted octanol–water partition coefficient (Wildman–Crippen LogP) is 5.07. The normalized spacial score (nSPS) is 11.6. The van der Waals surface area contributed by atoms with Crippen LogP contribution in [0.2, 0.25) is 0 Å². The van der Waals surface area contributed by atoms with E-state index < -0.39 is 5.25 Å². The monoisotopic (exact) mass is 460 g/mol. The van der Waals surface area contributed by atoms with Gasteiger partial charge >= 0.3 is 0 Å². The molecule has 0 saturated carbocycles. The summed E-state index contributed by atoms with van der Waals surface area (Å²) in [7, 11) is 3.24. The SMILES string of the molecule is COc1ccc(NC(=O)C(C)Sc2nnc(-c3cccc(OC)c3)n2-c2ccccc2)cc1. The zero-order valence-corrected chi connectivity index (χ0v) is 19.4. The number of aromatic nitrogens is 3. The molecule has 1 unspecified atom stereocenters. The molecule has 168 valence electrons. The number of anilines is 1. The molecule has 4 aromatic rings. The topological polar surface area (TPSA) is 78.3 Å². The second-order valence-corrected chi connectivity index (χ2v) is 8.49. The maximum Gasteiger partial charge on any atom is 0.237 e. The Balaban J connectivity index is 1.61. The van der Waals surface area contributed by atoms with Crippen LogP contribution in [0.15, 0.2) is 84.0 Å². The minimum atomic E-state index is -0.406. The van der Waals surface area contributed by atoms with E-state index in [1.165, 1.54) is 11.8 Å². The summed E-state index contributed by atoms with van der Waals surface area (Å²) in [6.07, 6.45) is 0. The molecular weight excluding hydrogens is 436 g/mol. The van der Waals surface area contributed by atoms with Crippen LogP contribution in [0.25, 0.3) is 17.1 Å². The Morgan fingerprint density at radius 3 is 2.33 bits per heavy atom. The number of carbonyl (C=O) groups excluding carboxylic acids is 1. The zero-order chi connectivity index (χ0) is 23.2. The van der Waals surface area contributed by atoms with Gasteiger partial charge in [0.1, 0.15) is 11.5 Å². The molecule has 7 nitrogen and oxygen atoms in total. The van der Waals surface area contributed by atoms with Crippen molar-refractivity contribution in [3.8, 4) is 28.6 Å². The van der Waals surface area contributed by atoms with Gasteiger partial charge in [-0.25, -0.2) is 0 Å². The fourth-order valence-corrected chi connectivity index (χ4v) is 4.10. The molecule has 3 aromatic carbocycles. The number of nitrogens with one attached hydrogen (secondary N) is 1. The highest BCUT2D eigenvalue weighted by molar-refractivity contribution is 8.00. The van der Waals surface area contributed by atoms with Gasteiger partial charge in [0, 0.05) is 16.9 Å². The molecule has 0 fully saturated rings. The van der Waals surface area contributed by atoms with E-state index in [0.29, 0.717) is 16.7 Å². The molecule has 0 radical (unpaired) electrons. The molecule has 0 saturated heterocycles. The van der Waals surface area contributed by atoms with Gasteiger partial charge in [-0.1, -0.05) is 42.1 Å². The Labute approximate surface area is 196 Å². The highest BCUT2D eigenvalue weighted by Crippen LogP contribution is 2.31. The fraction of sp³-hybridized carbons (Fsp3) is 0.160. The Morgan fingerprint density at radius 1 is 0.909 bits per heavy atom. The van der Waals surface area contributed by atoms with Crippen LogP contribution in [0, 0.1) is 0 Å². The first-order chi connectivity index (χ1) is 16.1. The minimum absolute atomic E-state index is 0.129. The fourth-order valence-electron chi connectivity index (χ4n) is 3.24. The maximum absolute atomic E-state index is 12.8. The third-order valence-corrected chi connectivity index (χ3v) is 6.03. The van der Waals surface area contributed by atoms with E-state index >= 15 is 0 Å². The summed E-state index contributed by atoms with van der Waals surface area (Å²) in [6, 6.07) is 24.7. The number of para-hydroxylation sites is 1. The van der Waals surface area contributed by atoms with Gasteiger partial charge in [0.05, 0.1) is 19.5 Å². The van der Waals surface area contributed by atoms with Gasteiger partial charge in [-0.05, 0) is 55.5 Å². The lowest BCUT2D eigenvalue weighted by Gasteiger charge is -2.14. The molecule has 1 atom stereocenters. The highest BCUT2D eigenvalue weighted by Gasteiger charge is 2.22. The van der Waals surface area contributed by atoms with Crippen molar-refractivity contribution in [3.05, 3.63) is 78.9 Å². The van der Waals surface area contributed by atoms with E-state index in [4.69, 9.17) is 9.47 Å². The second kappa shape index (κ2) is 10.2. The van der Waals surface area contributed by atoms with Gasteiger partial charge in [0.2, 0.25) is 5.91 Å². The van der Waals surface area contributed by atoms with E-state index in [9.17, 15) is 4.79 Å². The number of carbonyl (C=O) groups is 1. The van der Waals surface area contributed by atoms with Crippen molar-refractivity contribution in [2.24, 2.45) is 0 Å². The van der Waals surface area contributed by atoms with Crippen LogP contribution in [0.4, 0.5) is 5.69 Å². The first-order valence-corrected chi connectivity index (χ1v) is 11.2. The Bertz CT molecular complexity index is 1230. The van der Waals surface area contributed by atoms with Gasteiger partial charge in [-0.2, -0.15) is 0 Å². The van der Waals surface area contributed by atoms with Crippen LogP contribution in [0.5, 0.6) is 11.5 Å². The van der Waals surface area contributed by atoms with Gasteiger partial charge in [0.15, 0.2) is 11.0 Å². The van der Waals surface area contributed by atoms with Gasteiger partial charge < -0.3 is 14.8 Å². The van der Waals surface area contributed by atoms with E-state index in [1.807, 2.05) is 78.2 Å². The van der Waals surface area contributed by atoms with E-state index in [2.05, 4.69) is 15.5 Å². The lowest BCUT2D eigenvalue weighted by molar-refractivity contribution is -0.115. The Hall–Kier alpha value is -3.78. The number of benzene rings is 3. The third-order valence-electron chi connectivity index (χ3n) is 4.98. The maximum atomic E-state index is 12.8. The van der Waals surface area contributed by atoms with Crippen LogP contribution in [0.3, 0.4) is 0 Å². The summed E-state index contributed by atoms with van der Waals surface area (Å²) in [5.74, 6) is 2.01. The summed E-state index contributed by atoms with van der Waals surface area (Å²) >= 11 is 1.35. The molecule has 8 heteroatoms. The number of nitrogens with zero attached hydrogens (tertiary/aromatic N) is 3. The van der Waals surface area contributed by atoms with E-state index in [1.54, 1.807) is 26.4 Å². The summed E-state index contributed by atoms with van der Waals surface area (Å²) in [5, 5.41) is 12.0. The molecule has 0 bridgehead atoms. The molecular formula is C25H24N4O3S. The molecule has 0 aliphatic carbocycles. The summed E-state index contributed by atoms with van der Waals surface area (Å²) in [5.41, 5.74) is 2.48. The quantitative estimate of drug-likeness (QED) is 0.370. The van der Waals surface area contributed by atoms with Crippen molar-refractivity contribution in [2.75, 3.05) is 19.5 Å². The third kappa shape index (κ3) is 5.18. The van der Waals surface area contributed by atoms with E-state index in [-0.39, 0.29) is 5.91 Å². The smallest absolute Gasteiger partial charge is 0.237 e. The highest BCUT2D eigenvalue weighted by atomic mass is 32.2. The summed E-state index contributed by atoms with van der Waals surface area (Å²) in [6.45, 7) is 1.85. The average Bonchev–Trinajstić information content (AvgIpc) is 3.28. The van der Waals surface area contributed by atoms with Crippen molar-refractivity contribution >= 4 is 23.4 Å². The summed E-state index contributed by atoms with van der Waals surface area (Å²) < 4.78 is 12.5. The van der Waals surface area contributed by atoms with Gasteiger partial charge in [0.25, 0.3) is 0 Å². The van der Waals surface area contributed by atoms with Crippen molar-refractivity contribution < 1.29 is 14.3 Å². The number of methoxy groups -OCH3 is 2. The van der Waals surface area contributed by atoms with Crippen LogP contribution < -0.4 is 14.8 Å². The first-order valence-electron chi connectivity index (χ1n) is 10.4. The van der Waals surface area contributed by atoms with Crippen LogP contribution in [-0.2, 0) is 4.79 Å². The standard InChI is InChI=1S/C25H24N4O3S/c1-17(24(30)26-19-12-14-21(31-2)15-13-19)33-25-28-27-23(18-8-7-11-22(16-18)32-3)29(25)20-9-5-4-6-10-20/h4-17H,1-3H3,(H,26,30). The van der Waals surface area contributed by atoms with Crippen molar-refractivity contribution in [2.45, 2.75) is 17.3 Å². The Morgan fingerprint density at radius 2 is 1.64 bits per heavy atom. The lowest BCUT2D eigenvalue weighted by atomic mass is 10.2. The van der Waals surface area contributed by atoms with Crippen molar-refractivity contribution in [3.63, 3.8) is 0 Å². The number of thioether (sulfide) groups is 1. The van der Waals surface area contributed by atoms with Crippen molar-refractivity contribution in [1.82, 2.24) is 14.8 Å².